The van der Waals surface area contributed by atoms with Crippen molar-refractivity contribution >= 4 is 44.8 Å². The maximum atomic E-state index is 13.9. The Morgan fingerprint density at radius 1 is 1.00 bits per heavy atom. The summed E-state index contributed by atoms with van der Waals surface area (Å²) in [6.07, 6.45) is 0.673. The minimum Gasteiger partial charge on any atom is -0.352 e. The van der Waals surface area contributed by atoms with Gasteiger partial charge in [0.15, 0.2) is 0 Å². The van der Waals surface area contributed by atoms with Gasteiger partial charge in [-0.2, -0.15) is 0 Å². The predicted molar refractivity (Wildman–Crippen MR) is 153 cm³/mol. The number of amides is 2. The van der Waals surface area contributed by atoms with Crippen LogP contribution in [0.25, 0.3) is 0 Å². The molecule has 0 aliphatic heterocycles. The van der Waals surface area contributed by atoms with Crippen molar-refractivity contribution in [2.45, 2.75) is 50.7 Å². The third-order valence-electron chi connectivity index (χ3n) is 6.41. The number of nitrogens with zero attached hydrogens (tertiary/aromatic N) is 3. The van der Waals surface area contributed by atoms with Crippen molar-refractivity contribution < 1.29 is 22.9 Å². The molecule has 212 valence electrons. The van der Waals surface area contributed by atoms with Crippen LogP contribution in [0.3, 0.4) is 0 Å². The molecule has 0 fully saturated rings. The zero-order valence-corrected chi connectivity index (χ0v) is 23.9. The number of nitrogens with one attached hydrogen (secondary N) is 1. The molecule has 12 heteroatoms. The number of nitro groups is 1. The number of nitro benzene ring substituents is 1. The van der Waals surface area contributed by atoms with Crippen LogP contribution >= 0.6 is 11.6 Å². The first-order valence-corrected chi connectivity index (χ1v) is 14.4. The molecule has 0 aliphatic carbocycles. The number of non-ortho nitro benzene ring substituents is 1. The second-order valence-electron chi connectivity index (χ2n) is 9.21. The van der Waals surface area contributed by atoms with Gasteiger partial charge in [0, 0.05) is 29.7 Å². The molecule has 3 rings (SSSR count). The van der Waals surface area contributed by atoms with Crippen LogP contribution in [0.15, 0.2) is 83.8 Å². The maximum Gasteiger partial charge on any atom is 0.271 e. The summed E-state index contributed by atoms with van der Waals surface area (Å²) in [7, 11) is -4.34. The summed E-state index contributed by atoms with van der Waals surface area (Å²) in [5, 5.41) is 14.7. The molecule has 0 heterocycles. The van der Waals surface area contributed by atoms with Crippen LogP contribution in [0.1, 0.15) is 32.8 Å². The van der Waals surface area contributed by atoms with Crippen molar-refractivity contribution in [1.82, 2.24) is 10.2 Å². The van der Waals surface area contributed by atoms with Crippen molar-refractivity contribution in [1.29, 1.82) is 0 Å². The topological polar surface area (TPSA) is 130 Å². The number of halogens is 1. The van der Waals surface area contributed by atoms with E-state index in [1.807, 2.05) is 13.8 Å². The summed E-state index contributed by atoms with van der Waals surface area (Å²) in [6, 6.07) is 18.2. The first-order chi connectivity index (χ1) is 18.9. The van der Waals surface area contributed by atoms with E-state index in [4.69, 9.17) is 11.6 Å². The van der Waals surface area contributed by atoms with Crippen LogP contribution in [0.4, 0.5) is 11.4 Å². The Morgan fingerprint density at radius 2 is 1.65 bits per heavy atom. The SMILES string of the molecule is CC[C@@H](C)NC(=O)[C@@H](C)N(Cc1ccccc1Cl)C(=O)CN(c1cccc([N+](=O)[O-])c1)S(=O)(=O)c1ccccc1. The Balaban J connectivity index is 2.07. The Morgan fingerprint density at radius 3 is 2.27 bits per heavy atom. The third-order valence-corrected chi connectivity index (χ3v) is 8.56. The highest BCUT2D eigenvalue weighted by atomic mass is 35.5. The zero-order valence-electron chi connectivity index (χ0n) is 22.4. The molecule has 1 N–H and O–H groups in total. The second kappa shape index (κ2) is 13.4. The lowest BCUT2D eigenvalue weighted by Crippen LogP contribution is -2.52. The first kappa shape index (κ1) is 30.6. The predicted octanol–water partition coefficient (Wildman–Crippen LogP) is 4.78. The summed E-state index contributed by atoms with van der Waals surface area (Å²) < 4.78 is 28.3. The number of carbonyl (C=O) groups is 2. The fraction of sp³-hybridized carbons (Fsp3) is 0.286. The van der Waals surface area contributed by atoms with E-state index in [0.717, 1.165) is 10.4 Å². The second-order valence-corrected chi connectivity index (χ2v) is 11.5. The summed E-state index contributed by atoms with van der Waals surface area (Å²) in [4.78, 5) is 38.9. The van der Waals surface area contributed by atoms with Gasteiger partial charge in [-0.15, -0.1) is 0 Å². The van der Waals surface area contributed by atoms with Crippen LogP contribution in [0.2, 0.25) is 5.02 Å². The third kappa shape index (κ3) is 7.36. The maximum absolute atomic E-state index is 13.9. The van der Waals surface area contributed by atoms with E-state index < -0.39 is 39.3 Å². The number of anilines is 1. The van der Waals surface area contributed by atoms with Crippen LogP contribution in [0, 0.1) is 10.1 Å². The number of hydrogen-bond donors (Lipinski definition) is 1. The number of sulfonamides is 1. The molecule has 0 unspecified atom stereocenters. The monoisotopic (exact) mass is 586 g/mol. The average Bonchev–Trinajstić information content (AvgIpc) is 2.95. The highest BCUT2D eigenvalue weighted by Gasteiger charge is 2.33. The minimum absolute atomic E-state index is 0.0677. The Hall–Kier alpha value is -3.96. The fourth-order valence-corrected chi connectivity index (χ4v) is 5.49. The van der Waals surface area contributed by atoms with Gasteiger partial charge in [0.1, 0.15) is 12.6 Å². The Labute approximate surface area is 238 Å². The van der Waals surface area contributed by atoms with Gasteiger partial charge >= 0.3 is 0 Å². The zero-order chi connectivity index (χ0) is 29.4. The molecular weight excluding hydrogens is 556 g/mol. The molecule has 0 spiro atoms. The Bertz CT molecular complexity index is 1470. The van der Waals surface area contributed by atoms with E-state index in [2.05, 4.69) is 5.32 Å². The number of hydrogen-bond acceptors (Lipinski definition) is 6. The molecule has 40 heavy (non-hydrogen) atoms. The highest BCUT2D eigenvalue weighted by Crippen LogP contribution is 2.28. The van der Waals surface area contributed by atoms with Gasteiger partial charge in [0.25, 0.3) is 15.7 Å². The van der Waals surface area contributed by atoms with E-state index in [1.165, 1.54) is 47.4 Å². The summed E-state index contributed by atoms with van der Waals surface area (Å²) >= 11 is 6.36. The summed E-state index contributed by atoms with van der Waals surface area (Å²) in [5.41, 5.74) is 0.154. The molecule has 10 nitrogen and oxygen atoms in total. The highest BCUT2D eigenvalue weighted by molar-refractivity contribution is 7.92. The number of carbonyl (C=O) groups excluding carboxylic acids is 2. The van der Waals surface area contributed by atoms with Crippen molar-refractivity contribution in [2.75, 3.05) is 10.8 Å². The molecule has 0 saturated carbocycles. The van der Waals surface area contributed by atoms with E-state index in [9.17, 15) is 28.1 Å². The molecule has 0 bridgehead atoms. The van der Waals surface area contributed by atoms with Crippen LogP contribution < -0.4 is 9.62 Å². The Kier molecular flexibility index (Phi) is 10.2. The molecule has 3 aromatic carbocycles. The summed E-state index contributed by atoms with van der Waals surface area (Å²) in [6.45, 7) is 4.51. The molecule has 2 atom stereocenters. The average molecular weight is 587 g/mol. The van der Waals surface area contributed by atoms with E-state index in [-0.39, 0.29) is 28.9 Å². The molecule has 0 aromatic heterocycles. The smallest absolute Gasteiger partial charge is 0.271 e. The van der Waals surface area contributed by atoms with Crippen molar-refractivity contribution in [3.8, 4) is 0 Å². The van der Waals surface area contributed by atoms with Crippen LogP contribution in [-0.2, 0) is 26.2 Å². The lowest BCUT2D eigenvalue weighted by molar-refractivity contribution is -0.384. The van der Waals surface area contributed by atoms with Crippen LogP contribution in [0.5, 0.6) is 0 Å². The van der Waals surface area contributed by atoms with Gasteiger partial charge in [-0.25, -0.2) is 8.42 Å². The largest absolute Gasteiger partial charge is 0.352 e. The molecular formula is C28H31ClN4O6S. The van der Waals surface area contributed by atoms with Crippen molar-refractivity contribution in [3.05, 3.63) is 99.6 Å². The van der Waals surface area contributed by atoms with Crippen molar-refractivity contribution in [3.63, 3.8) is 0 Å². The van der Waals surface area contributed by atoms with Crippen LogP contribution in [-0.4, -0.2) is 48.7 Å². The fourth-order valence-electron chi connectivity index (χ4n) is 3.87. The molecule has 0 aliphatic rings. The lowest BCUT2D eigenvalue weighted by atomic mass is 10.1. The minimum atomic E-state index is -4.34. The number of rotatable bonds is 12. The normalized spacial score (nSPS) is 12.7. The molecule has 0 radical (unpaired) electrons. The molecule has 3 aromatic rings. The molecule has 0 saturated heterocycles. The van der Waals surface area contributed by atoms with Crippen molar-refractivity contribution in [2.24, 2.45) is 0 Å². The summed E-state index contributed by atoms with van der Waals surface area (Å²) in [5.74, 6) is -1.11. The quantitative estimate of drug-likeness (QED) is 0.240. The number of benzene rings is 3. The van der Waals surface area contributed by atoms with Gasteiger partial charge in [-0.1, -0.05) is 61.0 Å². The lowest BCUT2D eigenvalue weighted by Gasteiger charge is -2.32. The van der Waals surface area contributed by atoms with Gasteiger partial charge in [-0.3, -0.25) is 24.0 Å². The van der Waals surface area contributed by atoms with Gasteiger partial charge in [-0.05, 0) is 50.1 Å². The van der Waals surface area contributed by atoms with E-state index in [0.29, 0.717) is 17.0 Å². The first-order valence-electron chi connectivity index (χ1n) is 12.6. The molecule has 2 amide bonds. The van der Waals surface area contributed by atoms with Gasteiger partial charge in [0.05, 0.1) is 15.5 Å². The van der Waals surface area contributed by atoms with E-state index in [1.54, 1.807) is 37.3 Å². The van der Waals surface area contributed by atoms with E-state index >= 15 is 0 Å². The van der Waals surface area contributed by atoms with Gasteiger partial charge < -0.3 is 10.2 Å². The standard InChI is InChI=1S/C28H31ClN4O6S/c1-4-20(2)30-28(35)21(3)31(18-22-11-8-9-16-26(22)29)27(34)19-32(23-12-10-13-24(17-23)33(36)37)40(38,39)25-14-6-5-7-15-25/h5-17,20-21H,4,18-19H2,1-3H3,(H,30,35)/t20-,21-/m1/s1. The van der Waals surface area contributed by atoms with Gasteiger partial charge in [0.2, 0.25) is 11.8 Å².